The molecular formula is C18H16Cl2N6O2. The molecule has 0 saturated heterocycles. The molecule has 0 atom stereocenters. The zero-order valence-corrected chi connectivity index (χ0v) is 16.4. The summed E-state index contributed by atoms with van der Waals surface area (Å²) in [5.74, 6) is 0.430. The molecule has 10 heteroatoms. The number of aromatic nitrogens is 6. The largest absolute Gasteiger partial charge is 0.332 e. The number of nitrogens with zero attached hydrogens (tertiary/aromatic N) is 3. The first-order valence-corrected chi connectivity index (χ1v) is 9.43. The number of H-pyrrole nitrogens is 3. The summed E-state index contributed by atoms with van der Waals surface area (Å²) in [7, 11) is 0. The summed E-state index contributed by atoms with van der Waals surface area (Å²) in [5, 5.41) is 8.19. The van der Waals surface area contributed by atoms with Crippen LogP contribution < -0.4 is 11.2 Å². The number of aromatic amines is 3. The van der Waals surface area contributed by atoms with Crippen LogP contribution in [-0.4, -0.2) is 29.7 Å². The average molecular weight is 419 g/mol. The third kappa shape index (κ3) is 3.25. The molecule has 0 saturated carbocycles. The molecule has 0 aliphatic heterocycles. The van der Waals surface area contributed by atoms with Crippen LogP contribution >= 0.6 is 23.2 Å². The van der Waals surface area contributed by atoms with Gasteiger partial charge in [0.2, 0.25) is 0 Å². The lowest BCUT2D eigenvalue weighted by Gasteiger charge is -2.05. The van der Waals surface area contributed by atoms with Crippen LogP contribution in [0.1, 0.15) is 24.6 Å². The number of hydrogen-bond acceptors (Lipinski definition) is 4. The van der Waals surface area contributed by atoms with Crippen LogP contribution in [0.15, 0.2) is 34.0 Å². The number of imidazole rings is 1. The van der Waals surface area contributed by atoms with Crippen molar-refractivity contribution in [2.24, 2.45) is 0 Å². The molecule has 3 aromatic heterocycles. The zero-order chi connectivity index (χ0) is 19.8. The maximum Gasteiger partial charge on any atom is 0.330 e. The van der Waals surface area contributed by atoms with E-state index < -0.39 is 11.2 Å². The van der Waals surface area contributed by atoms with Gasteiger partial charge in [-0.1, -0.05) is 30.1 Å². The Morgan fingerprint density at radius 3 is 2.79 bits per heavy atom. The summed E-state index contributed by atoms with van der Waals surface area (Å²) in [4.78, 5) is 34.8. The van der Waals surface area contributed by atoms with E-state index in [0.717, 1.165) is 15.8 Å². The van der Waals surface area contributed by atoms with Gasteiger partial charge in [-0.15, -0.1) is 0 Å². The average Bonchev–Trinajstić information content (AvgIpc) is 3.28. The minimum absolute atomic E-state index is 0.213. The zero-order valence-electron chi connectivity index (χ0n) is 14.8. The quantitative estimate of drug-likeness (QED) is 0.461. The number of hydrogen-bond donors (Lipinski definition) is 3. The highest BCUT2D eigenvalue weighted by Gasteiger charge is 2.17. The summed E-state index contributed by atoms with van der Waals surface area (Å²) < 4.78 is 1.16. The Labute approximate surface area is 168 Å². The van der Waals surface area contributed by atoms with Crippen molar-refractivity contribution >= 4 is 34.4 Å². The van der Waals surface area contributed by atoms with E-state index in [9.17, 15) is 9.59 Å². The molecule has 4 aromatic rings. The molecule has 0 aliphatic rings. The highest BCUT2D eigenvalue weighted by molar-refractivity contribution is 6.33. The van der Waals surface area contributed by atoms with Gasteiger partial charge in [0.25, 0.3) is 5.56 Å². The molecule has 3 N–H and O–H groups in total. The van der Waals surface area contributed by atoms with Crippen LogP contribution in [0.4, 0.5) is 0 Å². The van der Waals surface area contributed by atoms with Gasteiger partial charge >= 0.3 is 5.69 Å². The van der Waals surface area contributed by atoms with Crippen molar-refractivity contribution < 1.29 is 0 Å². The molecule has 144 valence electrons. The molecule has 1 aromatic carbocycles. The lowest BCUT2D eigenvalue weighted by Crippen LogP contribution is -2.34. The van der Waals surface area contributed by atoms with Gasteiger partial charge in [0.05, 0.1) is 17.5 Å². The Morgan fingerprint density at radius 1 is 1.18 bits per heavy atom. The predicted molar refractivity (Wildman–Crippen MR) is 108 cm³/mol. The lowest BCUT2D eigenvalue weighted by molar-refractivity contribution is 0.622. The number of halogens is 2. The minimum atomic E-state index is -0.476. The second kappa shape index (κ2) is 7.29. The molecule has 0 aliphatic carbocycles. The van der Waals surface area contributed by atoms with Crippen LogP contribution in [0, 0.1) is 0 Å². The maximum absolute atomic E-state index is 12.6. The third-order valence-corrected chi connectivity index (χ3v) is 5.03. The highest BCUT2D eigenvalue weighted by atomic mass is 35.5. The van der Waals surface area contributed by atoms with Crippen LogP contribution in [-0.2, 0) is 13.0 Å². The molecule has 0 radical (unpaired) electrons. The standard InChI is InChI=1S/C18H16Cl2N6O2/c1-2-5-26-17(27)14-16(24-18(26)28)23-15(22-14)11-8-21-25-13(11)7-9-6-10(19)3-4-12(9)20/h3-4,6,8H,2,5,7H2,1H3,(H,21,25)(H,22,23)(H,24,28). The lowest BCUT2D eigenvalue weighted by atomic mass is 10.1. The number of rotatable bonds is 5. The fraction of sp³-hybridized carbons (Fsp3) is 0.222. The summed E-state index contributed by atoms with van der Waals surface area (Å²) in [6, 6.07) is 5.24. The molecule has 0 spiro atoms. The Morgan fingerprint density at radius 2 is 2.00 bits per heavy atom. The van der Waals surface area contributed by atoms with Crippen LogP contribution in [0.2, 0.25) is 10.0 Å². The third-order valence-electron chi connectivity index (χ3n) is 4.43. The predicted octanol–water partition coefficient (Wildman–Crippen LogP) is 3.11. The first kappa shape index (κ1) is 18.5. The number of fused-ring (bicyclic) bond motifs is 1. The van der Waals surface area contributed by atoms with Crippen molar-refractivity contribution in [3.05, 3.63) is 66.5 Å². The minimum Gasteiger partial charge on any atom is -0.332 e. The topological polar surface area (TPSA) is 112 Å². The Balaban J connectivity index is 1.79. The molecule has 8 nitrogen and oxygen atoms in total. The van der Waals surface area contributed by atoms with Gasteiger partial charge in [0, 0.05) is 23.0 Å². The second-order valence-electron chi connectivity index (χ2n) is 6.37. The van der Waals surface area contributed by atoms with E-state index in [1.165, 1.54) is 0 Å². The van der Waals surface area contributed by atoms with Crippen molar-refractivity contribution in [2.45, 2.75) is 26.3 Å². The van der Waals surface area contributed by atoms with Gasteiger partial charge in [-0.05, 0) is 30.2 Å². The molecule has 3 heterocycles. The van der Waals surface area contributed by atoms with Crippen LogP contribution in [0.5, 0.6) is 0 Å². The van der Waals surface area contributed by atoms with E-state index in [-0.39, 0.29) is 11.2 Å². The normalized spacial score (nSPS) is 11.4. The molecule has 0 unspecified atom stereocenters. The van der Waals surface area contributed by atoms with Crippen molar-refractivity contribution in [1.29, 1.82) is 0 Å². The SMILES string of the molecule is CCCn1c(=O)[nH]c2nc(-c3cn[nH]c3Cc3cc(Cl)ccc3Cl)[nH]c2c1=O. The summed E-state index contributed by atoms with van der Waals surface area (Å²) in [6.45, 7) is 2.23. The molecule has 0 fully saturated rings. The summed E-state index contributed by atoms with van der Waals surface area (Å²) in [6.07, 6.45) is 2.72. The first-order valence-electron chi connectivity index (χ1n) is 8.67. The van der Waals surface area contributed by atoms with Crippen molar-refractivity contribution in [2.75, 3.05) is 0 Å². The van der Waals surface area contributed by atoms with E-state index in [4.69, 9.17) is 23.2 Å². The Kier molecular flexibility index (Phi) is 4.82. The van der Waals surface area contributed by atoms with E-state index >= 15 is 0 Å². The highest BCUT2D eigenvalue weighted by Crippen LogP contribution is 2.27. The van der Waals surface area contributed by atoms with Gasteiger partial charge in [0.15, 0.2) is 5.65 Å². The number of benzene rings is 1. The monoisotopic (exact) mass is 418 g/mol. The van der Waals surface area contributed by atoms with Crippen molar-refractivity contribution in [3.8, 4) is 11.4 Å². The van der Waals surface area contributed by atoms with E-state index in [1.807, 2.05) is 6.92 Å². The van der Waals surface area contributed by atoms with Gasteiger partial charge in [-0.3, -0.25) is 19.4 Å². The first-order chi connectivity index (χ1) is 13.5. The van der Waals surface area contributed by atoms with Gasteiger partial charge in [0.1, 0.15) is 11.3 Å². The van der Waals surface area contributed by atoms with E-state index in [2.05, 4.69) is 25.1 Å². The number of nitrogens with one attached hydrogen (secondary N) is 3. The Hall–Kier alpha value is -2.84. The van der Waals surface area contributed by atoms with Gasteiger partial charge in [-0.25, -0.2) is 9.78 Å². The van der Waals surface area contributed by atoms with E-state index in [1.54, 1.807) is 24.4 Å². The van der Waals surface area contributed by atoms with Gasteiger partial charge in [-0.2, -0.15) is 5.10 Å². The fourth-order valence-corrected chi connectivity index (χ4v) is 3.47. The van der Waals surface area contributed by atoms with Crippen molar-refractivity contribution in [3.63, 3.8) is 0 Å². The summed E-state index contributed by atoms with van der Waals surface area (Å²) >= 11 is 12.3. The fourth-order valence-electron chi connectivity index (χ4n) is 3.09. The van der Waals surface area contributed by atoms with E-state index in [0.29, 0.717) is 40.8 Å². The maximum atomic E-state index is 12.6. The molecule has 28 heavy (non-hydrogen) atoms. The molecule has 0 bridgehead atoms. The smallest absolute Gasteiger partial charge is 0.330 e. The van der Waals surface area contributed by atoms with Crippen LogP contribution in [0.3, 0.4) is 0 Å². The molecular weight excluding hydrogens is 403 g/mol. The van der Waals surface area contributed by atoms with Crippen LogP contribution in [0.25, 0.3) is 22.6 Å². The second-order valence-corrected chi connectivity index (χ2v) is 7.21. The summed E-state index contributed by atoms with van der Waals surface area (Å²) in [5.41, 5.74) is 1.84. The van der Waals surface area contributed by atoms with Gasteiger partial charge < -0.3 is 4.98 Å². The molecule has 4 rings (SSSR count). The van der Waals surface area contributed by atoms with Crippen molar-refractivity contribution in [1.82, 2.24) is 29.7 Å². The Bertz CT molecular complexity index is 1280. The molecule has 0 amide bonds.